The van der Waals surface area contributed by atoms with E-state index in [0.29, 0.717) is 12.5 Å². The fourth-order valence-electron chi connectivity index (χ4n) is 1.78. The minimum Gasteiger partial charge on any atom is -0.349 e. The number of amides is 1. The molecule has 0 bridgehead atoms. The molecule has 3 N–H and O–H groups in total. The molecular formula is C11H26ClN3O3S. The fourth-order valence-corrected chi connectivity index (χ4v) is 2.13. The molecule has 0 aliphatic heterocycles. The van der Waals surface area contributed by atoms with E-state index in [4.69, 9.17) is 5.73 Å². The van der Waals surface area contributed by atoms with E-state index < -0.39 is 15.6 Å². The molecule has 0 aromatic carbocycles. The van der Waals surface area contributed by atoms with E-state index in [2.05, 4.69) is 5.32 Å². The van der Waals surface area contributed by atoms with Gasteiger partial charge in [-0.3, -0.25) is 4.79 Å². The van der Waals surface area contributed by atoms with Crippen LogP contribution in [0.2, 0.25) is 0 Å². The molecule has 0 radical (unpaired) electrons. The molecule has 1 amide bonds. The zero-order chi connectivity index (χ0) is 14.6. The number of halogens is 1. The first-order valence-corrected chi connectivity index (χ1v) is 7.77. The summed E-state index contributed by atoms with van der Waals surface area (Å²) in [6, 6.07) is 0. The maximum absolute atomic E-state index is 11.8. The third kappa shape index (κ3) is 8.41. The standard InChI is InChI=1S/C11H25N3O3S.ClH/c1-9(2)6-11(3,8-12)13-10(15)7-14(4)18(5,16)17;/h9H,6-8,12H2,1-5H3,(H,13,15);1H. The van der Waals surface area contributed by atoms with Crippen LogP contribution in [0.3, 0.4) is 0 Å². The third-order valence-corrected chi connectivity index (χ3v) is 3.94. The summed E-state index contributed by atoms with van der Waals surface area (Å²) in [5.74, 6) is 0.0583. The van der Waals surface area contributed by atoms with Crippen LogP contribution < -0.4 is 11.1 Å². The van der Waals surface area contributed by atoms with Crippen molar-refractivity contribution in [1.29, 1.82) is 0 Å². The average molecular weight is 316 g/mol. The second-order valence-corrected chi connectivity index (χ2v) is 7.52. The van der Waals surface area contributed by atoms with Gasteiger partial charge in [-0.2, -0.15) is 4.31 Å². The second kappa shape index (κ2) is 8.04. The van der Waals surface area contributed by atoms with E-state index >= 15 is 0 Å². The Morgan fingerprint density at radius 2 is 1.89 bits per heavy atom. The van der Waals surface area contributed by atoms with Crippen molar-refractivity contribution in [2.45, 2.75) is 32.7 Å². The van der Waals surface area contributed by atoms with Gasteiger partial charge < -0.3 is 11.1 Å². The molecule has 0 saturated carbocycles. The van der Waals surface area contributed by atoms with Gasteiger partial charge in [-0.1, -0.05) is 13.8 Å². The quantitative estimate of drug-likeness (QED) is 0.701. The predicted octanol–water partition coefficient (Wildman–Crippen LogP) is 0.179. The summed E-state index contributed by atoms with van der Waals surface area (Å²) in [5.41, 5.74) is 5.18. The molecule has 0 aliphatic rings. The lowest BCUT2D eigenvalue weighted by atomic mass is 9.91. The second-order valence-electron chi connectivity index (χ2n) is 5.43. The molecule has 0 saturated heterocycles. The van der Waals surface area contributed by atoms with Crippen molar-refractivity contribution in [2.75, 3.05) is 26.4 Å². The lowest BCUT2D eigenvalue weighted by Gasteiger charge is -2.31. The minimum atomic E-state index is -3.34. The van der Waals surface area contributed by atoms with Gasteiger partial charge in [0.25, 0.3) is 0 Å². The molecule has 1 unspecified atom stereocenters. The summed E-state index contributed by atoms with van der Waals surface area (Å²) in [5, 5.41) is 2.81. The SMILES string of the molecule is CC(C)CC(C)(CN)NC(=O)CN(C)S(C)(=O)=O.Cl. The number of carbonyl (C=O) groups excluding carboxylic acids is 1. The van der Waals surface area contributed by atoms with Crippen molar-refractivity contribution in [3.05, 3.63) is 0 Å². The first-order valence-electron chi connectivity index (χ1n) is 5.92. The number of carbonyl (C=O) groups is 1. The monoisotopic (exact) mass is 315 g/mol. The number of hydrogen-bond donors (Lipinski definition) is 2. The molecule has 6 nitrogen and oxygen atoms in total. The van der Waals surface area contributed by atoms with Crippen LogP contribution in [0, 0.1) is 5.92 Å². The molecule has 0 aromatic heterocycles. The van der Waals surface area contributed by atoms with Crippen molar-refractivity contribution in [2.24, 2.45) is 11.7 Å². The Morgan fingerprint density at radius 1 is 1.42 bits per heavy atom. The molecule has 0 spiro atoms. The number of hydrogen-bond acceptors (Lipinski definition) is 4. The van der Waals surface area contributed by atoms with Crippen LogP contribution in [0.25, 0.3) is 0 Å². The Morgan fingerprint density at radius 3 is 2.21 bits per heavy atom. The number of likely N-dealkylation sites (N-methyl/N-ethyl adjacent to an activating group) is 1. The fraction of sp³-hybridized carbons (Fsp3) is 0.909. The van der Waals surface area contributed by atoms with E-state index in [9.17, 15) is 13.2 Å². The van der Waals surface area contributed by atoms with Gasteiger partial charge in [0.15, 0.2) is 0 Å². The summed E-state index contributed by atoms with van der Waals surface area (Å²) in [7, 11) is -1.97. The van der Waals surface area contributed by atoms with Crippen LogP contribution in [-0.4, -0.2) is 50.6 Å². The summed E-state index contributed by atoms with van der Waals surface area (Å²) < 4.78 is 23.4. The molecule has 8 heteroatoms. The number of rotatable bonds is 7. The first kappa shape index (κ1) is 20.9. The van der Waals surface area contributed by atoms with E-state index in [1.807, 2.05) is 20.8 Å². The van der Waals surface area contributed by atoms with Crippen molar-refractivity contribution < 1.29 is 13.2 Å². The molecule has 19 heavy (non-hydrogen) atoms. The average Bonchev–Trinajstić information content (AvgIpc) is 2.14. The molecule has 116 valence electrons. The van der Waals surface area contributed by atoms with Crippen molar-refractivity contribution >= 4 is 28.3 Å². The van der Waals surface area contributed by atoms with Gasteiger partial charge in [-0.05, 0) is 19.3 Å². The Hall–Kier alpha value is -0.370. The first-order chi connectivity index (χ1) is 8.00. The maximum atomic E-state index is 11.8. The van der Waals surface area contributed by atoms with Gasteiger partial charge in [0.1, 0.15) is 0 Å². The summed E-state index contributed by atoms with van der Waals surface area (Å²) >= 11 is 0. The molecule has 0 fully saturated rings. The van der Waals surface area contributed by atoms with Gasteiger partial charge in [0.05, 0.1) is 12.8 Å². The Bertz CT molecular complexity index is 387. The molecule has 0 heterocycles. The van der Waals surface area contributed by atoms with Gasteiger partial charge in [-0.15, -0.1) is 12.4 Å². The highest BCUT2D eigenvalue weighted by molar-refractivity contribution is 7.88. The van der Waals surface area contributed by atoms with Crippen LogP contribution in [0.1, 0.15) is 27.2 Å². The Balaban J connectivity index is 0. The highest BCUT2D eigenvalue weighted by Gasteiger charge is 2.27. The number of nitrogens with one attached hydrogen (secondary N) is 1. The van der Waals surface area contributed by atoms with E-state index in [-0.39, 0.29) is 24.9 Å². The van der Waals surface area contributed by atoms with Gasteiger partial charge in [-0.25, -0.2) is 8.42 Å². The van der Waals surface area contributed by atoms with Gasteiger partial charge >= 0.3 is 0 Å². The highest BCUT2D eigenvalue weighted by Crippen LogP contribution is 2.15. The lowest BCUT2D eigenvalue weighted by Crippen LogP contribution is -2.54. The number of sulfonamides is 1. The number of nitrogens with two attached hydrogens (primary N) is 1. The van der Waals surface area contributed by atoms with Crippen LogP contribution in [0.15, 0.2) is 0 Å². The number of nitrogens with zero attached hydrogens (tertiary/aromatic N) is 1. The molecule has 0 rings (SSSR count). The summed E-state index contributed by atoms with van der Waals surface area (Å²) in [6.07, 6.45) is 1.81. The molecule has 0 aromatic rings. The van der Waals surface area contributed by atoms with E-state index in [1.54, 1.807) is 0 Å². The Labute approximate surface area is 122 Å². The molecular weight excluding hydrogens is 290 g/mol. The smallest absolute Gasteiger partial charge is 0.235 e. The van der Waals surface area contributed by atoms with Crippen molar-refractivity contribution in [1.82, 2.24) is 9.62 Å². The van der Waals surface area contributed by atoms with Crippen molar-refractivity contribution in [3.63, 3.8) is 0 Å². The van der Waals surface area contributed by atoms with Crippen LogP contribution >= 0.6 is 12.4 Å². The largest absolute Gasteiger partial charge is 0.349 e. The summed E-state index contributed by atoms with van der Waals surface area (Å²) in [6.45, 7) is 6.09. The van der Waals surface area contributed by atoms with Crippen molar-refractivity contribution in [3.8, 4) is 0 Å². The van der Waals surface area contributed by atoms with Crippen LogP contribution in [-0.2, 0) is 14.8 Å². The van der Waals surface area contributed by atoms with Crippen LogP contribution in [0.4, 0.5) is 0 Å². The predicted molar refractivity (Wildman–Crippen MR) is 79.8 cm³/mol. The topological polar surface area (TPSA) is 92.5 Å². The molecule has 1 atom stereocenters. The van der Waals surface area contributed by atoms with E-state index in [1.165, 1.54) is 7.05 Å². The summed E-state index contributed by atoms with van der Waals surface area (Å²) in [4.78, 5) is 11.8. The normalized spacial score (nSPS) is 14.9. The maximum Gasteiger partial charge on any atom is 0.235 e. The van der Waals surface area contributed by atoms with E-state index in [0.717, 1.165) is 17.0 Å². The van der Waals surface area contributed by atoms with Gasteiger partial charge in [0, 0.05) is 19.1 Å². The van der Waals surface area contributed by atoms with Gasteiger partial charge in [0.2, 0.25) is 15.9 Å². The van der Waals surface area contributed by atoms with Crippen LogP contribution in [0.5, 0.6) is 0 Å². The Kier molecular flexibility index (Phi) is 8.86. The highest BCUT2D eigenvalue weighted by atomic mass is 35.5. The lowest BCUT2D eigenvalue weighted by molar-refractivity contribution is -0.123. The third-order valence-electron chi connectivity index (χ3n) is 2.68. The zero-order valence-electron chi connectivity index (χ0n) is 12.3. The molecule has 0 aliphatic carbocycles. The zero-order valence-corrected chi connectivity index (χ0v) is 13.9. The minimum absolute atomic E-state index is 0.